The van der Waals surface area contributed by atoms with Gasteiger partial charge in [-0.25, -0.2) is 4.79 Å². The molecule has 6 nitrogen and oxygen atoms in total. The number of amides is 3. The van der Waals surface area contributed by atoms with Crippen molar-refractivity contribution in [2.45, 2.75) is 6.36 Å². The van der Waals surface area contributed by atoms with Gasteiger partial charge in [-0.2, -0.15) is 0 Å². The normalized spacial score (nSPS) is 11.0. The number of ether oxygens (including phenoxy) is 1. The van der Waals surface area contributed by atoms with Crippen LogP contribution < -0.4 is 21.1 Å². The van der Waals surface area contributed by atoms with Crippen LogP contribution in [0.25, 0.3) is 0 Å². The van der Waals surface area contributed by atoms with Crippen LogP contribution >= 0.6 is 27.5 Å². The predicted octanol–water partition coefficient (Wildman–Crippen LogP) is 4.74. The Morgan fingerprint density at radius 1 is 1.15 bits per heavy atom. The number of alkyl halides is 3. The van der Waals surface area contributed by atoms with E-state index >= 15 is 0 Å². The zero-order valence-corrected chi connectivity index (χ0v) is 15.0. The van der Waals surface area contributed by atoms with Gasteiger partial charge in [-0.15, -0.1) is 13.2 Å². The second-order valence-electron chi connectivity index (χ2n) is 4.83. The predicted molar refractivity (Wildman–Crippen MR) is 93.4 cm³/mol. The fourth-order valence-electron chi connectivity index (χ4n) is 1.96. The average Bonchev–Trinajstić information content (AvgIpc) is 2.46. The molecule has 0 heterocycles. The number of para-hydroxylation sites is 1. The van der Waals surface area contributed by atoms with Crippen molar-refractivity contribution in [1.82, 2.24) is 0 Å². The van der Waals surface area contributed by atoms with Crippen molar-refractivity contribution in [3.05, 3.63) is 51.5 Å². The van der Waals surface area contributed by atoms with Gasteiger partial charge in [-0.1, -0.05) is 17.7 Å². The monoisotopic (exact) mass is 451 g/mol. The van der Waals surface area contributed by atoms with Gasteiger partial charge >= 0.3 is 12.4 Å². The summed E-state index contributed by atoms with van der Waals surface area (Å²) in [6.45, 7) is 0. The van der Waals surface area contributed by atoms with Crippen molar-refractivity contribution >= 4 is 50.8 Å². The summed E-state index contributed by atoms with van der Waals surface area (Å²) >= 11 is 8.90. The van der Waals surface area contributed by atoms with E-state index in [0.717, 1.165) is 12.1 Å². The number of carbonyl (C=O) groups is 2. The molecule has 0 saturated heterocycles. The van der Waals surface area contributed by atoms with Crippen molar-refractivity contribution < 1.29 is 27.5 Å². The Balaban J connectivity index is 2.20. The molecule has 0 fully saturated rings. The van der Waals surface area contributed by atoms with E-state index in [9.17, 15) is 22.8 Å². The molecule has 0 unspecified atom stereocenters. The molecule has 0 atom stereocenters. The molecule has 0 aliphatic heterocycles. The molecule has 26 heavy (non-hydrogen) atoms. The van der Waals surface area contributed by atoms with Crippen molar-refractivity contribution in [2.24, 2.45) is 5.73 Å². The lowest BCUT2D eigenvalue weighted by molar-refractivity contribution is -0.274. The number of rotatable bonds is 4. The van der Waals surface area contributed by atoms with Gasteiger partial charge in [-0.05, 0) is 40.2 Å². The molecule has 11 heteroatoms. The van der Waals surface area contributed by atoms with Gasteiger partial charge in [0.15, 0.2) is 0 Å². The maximum absolute atomic E-state index is 12.3. The highest BCUT2D eigenvalue weighted by atomic mass is 79.9. The van der Waals surface area contributed by atoms with E-state index in [2.05, 4.69) is 31.3 Å². The van der Waals surface area contributed by atoms with E-state index in [-0.39, 0.29) is 22.0 Å². The maximum Gasteiger partial charge on any atom is 0.573 e. The number of nitrogens with one attached hydrogen (secondary N) is 2. The number of hydrogen-bond donors (Lipinski definition) is 3. The fraction of sp³-hybridized carbons (Fsp3) is 0.0667. The molecular weight excluding hydrogens is 443 g/mol. The van der Waals surface area contributed by atoms with E-state index in [0.29, 0.717) is 4.47 Å². The second-order valence-corrected chi connectivity index (χ2v) is 6.12. The maximum atomic E-state index is 12.3. The topological polar surface area (TPSA) is 93.5 Å². The first kappa shape index (κ1) is 19.9. The molecule has 0 aromatic heterocycles. The molecular formula is C15H10BrClF3N3O3. The van der Waals surface area contributed by atoms with Crippen LogP contribution in [0.1, 0.15) is 10.4 Å². The van der Waals surface area contributed by atoms with Crippen molar-refractivity contribution in [1.29, 1.82) is 0 Å². The van der Waals surface area contributed by atoms with E-state index in [1.54, 1.807) is 12.1 Å². The number of halogens is 5. The van der Waals surface area contributed by atoms with Crippen LogP contribution in [-0.4, -0.2) is 18.3 Å². The van der Waals surface area contributed by atoms with Crippen LogP contribution in [0.2, 0.25) is 5.02 Å². The molecule has 4 N–H and O–H groups in total. The quantitative estimate of drug-likeness (QED) is 0.625. The standard InChI is InChI=1S/C15H10BrClF3N3O3/c16-11-3-1-2-10(13(21)24)12(11)23-14(25)22-8-4-7(17)5-9(6-8)26-15(18,19)20/h1-6H,(H2,21,24)(H2,22,23,25). The molecule has 0 saturated carbocycles. The van der Waals surface area contributed by atoms with Crippen LogP contribution in [0.3, 0.4) is 0 Å². The summed E-state index contributed by atoms with van der Waals surface area (Å²) in [6.07, 6.45) is -4.91. The van der Waals surface area contributed by atoms with E-state index in [4.69, 9.17) is 17.3 Å². The summed E-state index contributed by atoms with van der Waals surface area (Å²) in [5.41, 5.74) is 5.33. The Morgan fingerprint density at radius 3 is 2.46 bits per heavy atom. The number of carbonyl (C=O) groups excluding carboxylic acids is 2. The van der Waals surface area contributed by atoms with Crippen LogP contribution in [0.15, 0.2) is 40.9 Å². The van der Waals surface area contributed by atoms with Crippen molar-refractivity contribution in [2.75, 3.05) is 10.6 Å². The van der Waals surface area contributed by atoms with Gasteiger partial charge in [0.2, 0.25) is 0 Å². The Kier molecular flexibility index (Phi) is 5.98. The van der Waals surface area contributed by atoms with Gasteiger partial charge in [0, 0.05) is 21.2 Å². The number of nitrogens with two attached hydrogens (primary N) is 1. The Morgan fingerprint density at radius 2 is 1.85 bits per heavy atom. The molecule has 2 rings (SSSR count). The van der Waals surface area contributed by atoms with Crippen LogP contribution in [0.5, 0.6) is 5.75 Å². The first-order chi connectivity index (χ1) is 12.0. The smallest absolute Gasteiger partial charge is 0.406 e. The molecule has 0 radical (unpaired) electrons. The van der Waals surface area contributed by atoms with Crippen LogP contribution in [0.4, 0.5) is 29.3 Å². The van der Waals surface area contributed by atoms with E-state index < -0.39 is 24.1 Å². The van der Waals surface area contributed by atoms with Crippen molar-refractivity contribution in [3.8, 4) is 5.75 Å². The third-order valence-electron chi connectivity index (χ3n) is 2.88. The highest BCUT2D eigenvalue weighted by Gasteiger charge is 2.31. The molecule has 0 aliphatic carbocycles. The van der Waals surface area contributed by atoms with Gasteiger partial charge in [-0.3, -0.25) is 4.79 Å². The molecule has 138 valence electrons. The number of primary amides is 1. The average molecular weight is 453 g/mol. The van der Waals surface area contributed by atoms with Crippen molar-refractivity contribution in [3.63, 3.8) is 0 Å². The molecule has 0 spiro atoms. The Bertz CT molecular complexity index is 862. The SMILES string of the molecule is NC(=O)c1cccc(Br)c1NC(=O)Nc1cc(Cl)cc(OC(F)(F)F)c1. The van der Waals surface area contributed by atoms with E-state index in [1.165, 1.54) is 12.1 Å². The first-order valence-corrected chi connectivity index (χ1v) is 7.95. The fourth-order valence-corrected chi connectivity index (χ4v) is 2.65. The zero-order valence-electron chi connectivity index (χ0n) is 12.7. The zero-order chi connectivity index (χ0) is 19.5. The van der Waals surface area contributed by atoms with E-state index in [1.807, 2.05) is 0 Å². The Labute approximate surface area is 158 Å². The molecule has 2 aromatic rings. The third-order valence-corrected chi connectivity index (χ3v) is 3.76. The highest BCUT2D eigenvalue weighted by Crippen LogP contribution is 2.30. The van der Waals surface area contributed by atoms with Gasteiger partial charge in [0.1, 0.15) is 5.75 Å². The van der Waals surface area contributed by atoms with Gasteiger partial charge < -0.3 is 21.1 Å². The summed E-state index contributed by atoms with van der Waals surface area (Å²) in [6, 6.07) is 6.78. The lowest BCUT2D eigenvalue weighted by Crippen LogP contribution is -2.23. The first-order valence-electron chi connectivity index (χ1n) is 6.78. The number of anilines is 2. The lowest BCUT2D eigenvalue weighted by Gasteiger charge is -2.14. The number of urea groups is 1. The summed E-state index contributed by atoms with van der Waals surface area (Å²) in [5, 5.41) is 4.61. The van der Waals surface area contributed by atoms with Crippen LogP contribution in [-0.2, 0) is 0 Å². The molecule has 2 aromatic carbocycles. The minimum atomic E-state index is -4.91. The van der Waals surface area contributed by atoms with Gasteiger partial charge in [0.25, 0.3) is 5.91 Å². The number of benzene rings is 2. The third kappa shape index (κ3) is 5.53. The summed E-state index contributed by atoms with van der Waals surface area (Å²) in [4.78, 5) is 23.5. The largest absolute Gasteiger partial charge is 0.573 e. The van der Waals surface area contributed by atoms with Gasteiger partial charge in [0.05, 0.1) is 11.3 Å². The second kappa shape index (κ2) is 7.83. The molecule has 0 bridgehead atoms. The molecule has 3 amide bonds. The van der Waals surface area contributed by atoms with Crippen LogP contribution in [0, 0.1) is 0 Å². The minimum Gasteiger partial charge on any atom is -0.406 e. The Hall–Kier alpha value is -2.46. The summed E-state index contributed by atoms with van der Waals surface area (Å²) in [5.74, 6) is -1.37. The minimum absolute atomic E-state index is 0.0433. The molecule has 0 aliphatic rings. The highest BCUT2D eigenvalue weighted by molar-refractivity contribution is 9.10. The summed E-state index contributed by atoms with van der Waals surface area (Å²) < 4.78 is 41.1. The number of hydrogen-bond acceptors (Lipinski definition) is 3. The lowest BCUT2D eigenvalue weighted by atomic mass is 10.1. The summed E-state index contributed by atoms with van der Waals surface area (Å²) in [7, 11) is 0.